The zero-order valence-corrected chi connectivity index (χ0v) is 22.7. The number of anilines is 3. The van der Waals surface area contributed by atoms with Crippen LogP contribution in [0.3, 0.4) is 0 Å². The number of piperazine rings is 1. The van der Waals surface area contributed by atoms with Gasteiger partial charge in [-0.1, -0.05) is 61.7 Å². The second kappa shape index (κ2) is 12.7. The van der Waals surface area contributed by atoms with Gasteiger partial charge in [0.05, 0.1) is 18.4 Å². The van der Waals surface area contributed by atoms with Crippen LogP contribution in [0, 0.1) is 5.92 Å². The summed E-state index contributed by atoms with van der Waals surface area (Å²) in [6.45, 7) is 3.60. The molecule has 1 saturated carbocycles. The number of carbonyl (C=O) groups is 2. The zero-order chi connectivity index (χ0) is 27.0. The number of ether oxygens (including phenoxy) is 1. The number of para-hydroxylation sites is 2. The standard InChI is InChI=1S/C32H38N4O3/c1-39-30-15-9-8-14-29(30)36-20-18-35(19-21-36)28-17-16-26(34-31(37)25-12-6-3-7-13-25)22-27(28)32(38)33-23-24-10-4-2-5-11-24/h2,4-5,8-11,14-17,22,25H,3,6-7,12-13,18-21,23H2,1H3,(H,33,38)(H,34,37). The molecule has 2 fully saturated rings. The second-order valence-corrected chi connectivity index (χ2v) is 10.4. The number of rotatable bonds is 8. The molecule has 0 radical (unpaired) electrons. The first-order valence-electron chi connectivity index (χ1n) is 14.0. The lowest BCUT2D eigenvalue weighted by atomic mass is 9.88. The monoisotopic (exact) mass is 526 g/mol. The van der Waals surface area contributed by atoms with Crippen molar-refractivity contribution in [1.29, 1.82) is 0 Å². The van der Waals surface area contributed by atoms with Crippen molar-refractivity contribution < 1.29 is 14.3 Å². The van der Waals surface area contributed by atoms with E-state index in [0.29, 0.717) is 17.8 Å². The molecule has 5 rings (SSSR count). The molecule has 2 amide bonds. The van der Waals surface area contributed by atoms with Gasteiger partial charge in [0.15, 0.2) is 0 Å². The number of nitrogens with one attached hydrogen (secondary N) is 2. The van der Waals surface area contributed by atoms with Gasteiger partial charge in [-0.2, -0.15) is 0 Å². The van der Waals surface area contributed by atoms with Crippen molar-refractivity contribution in [3.05, 3.63) is 83.9 Å². The molecule has 0 spiro atoms. The summed E-state index contributed by atoms with van der Waals surface area (Å²) < 4.78 is 5.57. The first-order valence-corrected chi connectivity index (χ1v) is 14.0. The molecule has 0 aromatic heterocycles. The third kappa shape index (κ3) is 6.53. The Morgan fingerprint density at radius 1 is 0.821 bits per heavy atom. The minimum atomic E-state index is -0.144. The van der Waals surface area contributed by atoms with Crippen LogP contribution >= 0.6 is 0 Å². The zero-order valence-electron chi connectivity index (χ0n) is 22.7. The van der Waals surface area contributed by atoms with Crippen LogP contribution in [-0.2, 0) is 11.3 Å². The fraction of sp³-hybridized carbons (Fsp3) is 0.375. The molecule has 204 valence electrons. The molecule has 2 aliphatic rings. The molecule has 1 saturated heterocycles. The van der Waals surface area contributed by atoms with E-state index in [1.165, 1.54) is 6.42 Å². The van der Waals surface area contributed by atoms with Crippen LogP contribution in [-0.4, -0.2) is 45.1 Å². The lowest BCUT2D eigenvalue weighted by molar-refractivity contribution is -0.120. The molecule has 0 unspecified atom stereocenters. The van der Waals surface area contributed by atoms with Crippen molar-refractivity contribution in [3.63, 3.8) is 0 Å². The predicted octanol–water partition coefficient (Wildman–Crippen LogP) is 5.47. The van der Waals surface area contributed by atoms with Crippen molar-refractivity contribution >= 4 is 28.9 Å². The molecule has 1 aliphatic heterocycles. The summed E-state index contributed by atoms with van der Waals surface area (Å²) in [6, 6.07) is 23.7. The molecule has 7 nitrogen and oxygen atoms in total. The van der Waals surface area contributed by atoms with Gasteiger partial charge in [0, 0.05) is 50.0 Å². The summed E-state index contributed by atoms with van der Waals surface area (Å²) in [5.74, 6) is 0.833. The molecule has 39 heavy (non-hydrogen) atoms. The van der Waals surface area contributed by atoms with E-state index in [4.69, 9.17) is 4.74 Å². The van der Waals surface area contributed by atoms with Gasteiger partial charge in [0.1, 0.15) is 5.75 Å². The van der Waals surface area contributed by atoms with E-state index in [-0.39, 0.29) is 17.7 Å². The highest BCUT2D eigenvalue weighted by molar-refractivity contribution is 6.02. The average Bonchev–Trinajstić information content (AvgIpc) is 3.01. The lowest BCUT2D eigenvalue weighted by Gasteiger charge is -2.38. The van der Waals surface area contributed by atoms with Crippen LogP contribution in [0.2, 0.25) is 0 Å². The van der Waals surface area contributed by atoms with E-state index in [2.05, 4.69) is 26.5 Å². The lowest BCUT2D eigenvalue weighted by Crippen LogP contribution is -2.47. The van der Waals surface area contributed by atoms with Crippen LogP contribution in [0.5, 0.6) is 5.75 Å². The Balaban J connectivity index is 1.33. The molecule has 2 N–H and O–H groups in total. The van der Waals surface area contributed by atoms with Gasteiger partial charge in [0.25, 0.3) is 5.91 Å². The average molecular weight is 527 g/mol. The Kier molecular flexibility index (Phi) is 8.66. The minimum Gasteiger partial charge on any atom is -0.495 e. The molecular formula is C32H38N4O3. The van der Waals surface area contributed by atoms with Crippen LogP contribution in [0.25, 0.3) is 0 Å². The van der Waals surface area contributed by atoms with Gasteiger partial charge in [-0.05, 0) is 48.7 Å². The summed E-state index contributed by atoms with van der Waals surface area (Å²) in [5, 5.41) is 6.18. The Bertz CT molecular complexity index is 1270. The Labute approximate surface area is 231 Å². The number of nitrogens with zero attached hydrogens (tertiary/aromatic N) is 2. The van der Waals surface area contributed by atoms with Gasteiger partial charge >= 0.3 is 0 Å². The van der Waals surface area contributed by atoms with Gasteiger partial charge in [-0.25, -0.2) is 0 Å². The second-order valence-electron chi connectivity index (χ2n) is 10.4. The molecule has 1 aliphatic carbocycles. The van der Waals surface area contributed by atoms with Gasteiger partial charge < -0.3 is 25.2 Å². The topological polar surface area (TPSA) is 73.9 Å². The summed E-state index contributed by atoms with van der Waals surface area (Å²) in [6.07, 6.45) is 5.28. The highest BCUT2D eigenvalue weighted by Gasteiger charge is 2.25. The van der Waals surface area contributed by atoms with E-state index in [1.807, 2.05) is 66.7 Å². The van der Waals surface area contributed by atoms with Gasteiger partial charge in [-0.3, -0.25) is 9.59 Å². The van der Waals surface area contributed by atoms with E-state index >= 15 is 0 Å². The van der Waals surface area contributed by atoms with Crippen LogP contribution in [0.4, 0.5) is 17.1 Å². The van der Waals surface area contributed by atoms with Crippen molar-refractivity contribution in [2.75, 3.05) is 48.4 Å². The number of hydrogen-bond donors (Lipinski definition) is 2. The molecule has 3 aromatic carbocycles. The molecule has 0 atom stereocenters. The number of benzene rings is 3. The third-order valence-electron chi connectivity index (χ3n) is 7.83. The third-order valence-corrected chi connectivity index (χ3v) is 7.83. The molecule has 7 heteroatoms. The normalized spacial score (nSPS) is 16.0. The van der Waals surface area contributed by atoms with E-state index in [1.54, 1.807) is 7.11 Å². The fourth-order valence-electron chi connectivity index (χ4n) is 5.63. The first-order chi connectivity index (χ1) is 19.1. The Morgan fingerprint density at radius 2 is 1.49 bits per heavy atom. The Morgan fingerprint density at radius 3 is 2.21 bits per heavy atom. The SMILES string of the molecule is COc1ccccc1N1CCN(c2ccc(NC(=O)C3CCCCC3)cc2C(=O)NCc2ccccc2)CC1. The number of methoxy groups -OCH3 is 1. The smallest absolute Gasteiger partial charge is 0.253 e. The van der Waals surface area contributed by atoms with E-state index in [0.717, 1.165) is 74.6 Å². The minimum absolute atomic E-state index is 0.0526. The summed E-state index contributed by atoms with van der Waals surface area (Å²) in [4.78, 5) is 31.0. The molecular weight excluding hydrogens is 488 g/mol. The highest BCUT2D eigenvalue weighted by Crippen LogP contribution is 2.31. The van der Waals surface area contributed by atoms with Crippen LogP contribution in [0.1, 0.15) is 48.0 Å². The van der Waals surface area contributed by atoms with Crippen LogP contribution in [0.15, 0.2) is 72.8 Å². The van der Waals surface area contributed by atoms with Crippen molar-refractivity contribution in [2.24, 2.45) is 5.92 Å². The fourth-order valence-corrected chi connectivity index (χ4v) is 5.63. The molecule has 1 heterocycles. The number of carbonyl (C=O) groups excluding carboxylic acids is 2. The number of hydrogen-bond acceptors (Lipinski definition) is 5. The van der Waals surface area contributed by atoms with Crippen LogP contribution < -0.4 is 25.2 Å². The van der Waals surface area contributed by atoms with E-state index in [9.17, 15) is 9.59 Å². The largest absolute Gasteiger partial charge is 0.495 e. The quantitative estimate of drug-likeness (QED) is 0.407. The van der Waals surface area contributed by atoms with E-state index < -0.39 is 0 Å². The van der Waals surface area contributed by atoms with Crippen molar-refractivity contribution in [3.8, 4) is 5.75 Å². The highest BCUT2D eigenvalue weighted by atomic mass is 16.5. The maximum Gasteiger partial charge on any atom is 0.253 e. The summed E-state index contributed by atoms with van der Waals surface area (Å²) in [5.41, 5.74) is 4.27. The van der Waals surface area contributed by atoms with Crippen molar-refractivity contribution in [2.45, 2.75) is 38.6 Å². The number of amides is 2. The van der Waals surface area contributed by atoms with Gasteiger partial charge in [0.2, 0.25) is 5.91 Å². The van der Waals surface area contributed by atoms with Crippen molar-refractivity contribution in [1.82, 2.24) is 5.32 Å². The Hall–Kier alpha value is -4.00. The molecule has 0 bridgehead atoms. The molecule has 3 aromatic rings. The maximum absolute atomic E-state index is 13.5. The summed E-state index contributed by atoms with van der Waals surface area (Å²) >= 11 is 0. The first kappa shape index (κ1) is 26.6. The summed E-state index contributed by atoms with van der Waals surface area (Å²) in [7, 11) is 1.70. The predicted molar refractivity (Wildman–Crippen MR) is 157 cm³/mol. The van der Waals surface area contributed by atoms with Gasteiger partial charge in [-0.15, -0.1) is 0 Å². The maximum atomic E-state index is 13.5.